The monoisotopic (exact) mass is 417 g/mol. The number of ether oxygens (including phenoxy) is 1. The van der Waals surface area contributed by atoms with Gasteiger partial charge in [-0.2, -0.15) is 0 Å². The number of carbonyl (C=O) groups excluding carboxylic acids is 2. The van der Waals surface area contributed by atoms with E-state index in [-0.39, 0.29) is 18.7 Å². The van der Waals surface area contributed by atoms with Crippen molar-refractivity contribution in [3.8, 4) is 0 Å². The molecule has 0 N–H and O–H groups in total. The van der Waals surface area contributed by atoms with E-state index in [9.17, 15) is 22.8 Å². The molecule has 2 saturated heterocycles. The zero-order valence-electron chi connectivity index (χ0n) is 16.3. The van der Waals surface area contributed by atoms with Crippen LogP contribution in [0.4, 0.5) is 18.0 Å². The lowest BCUT2D eigenvalue weighted by Gasteiger charge is -2.47. The molecule has 1 amide bonds. The van der Waals surface area contributed by atoms with E-state index in [4.69, 9.17) is 4.74 Å². The number of rotatable bonds is 4. The average molecular weight is 417 g/mol. The van der Waals surface area contributed by atoms with Gasteiger partial charge in [0.2, 0.25) is 0 Å². The van der Waals surface area contributed by atoms with E-state index >= 15 is 0 Å². The topological polar surface area (TPSA) is 46.6 Å². The van der Waals surface area contributed by atoms with Gasteiger partial charge in [0.1, 0.15) is 6.61 Å². The number of piperidine rings is 2. The highest BCUT2D eigenvalue weighted by Crippen LogP contribution is 2.39. The van der Waals surface area contributed by atoms with Crippen LogP contribution in [0.2, 0.25) is 0 Å². The molecule has 0 aromatic heterocycles. The van der Waals surface area contributed by atoms with E-state index in [1.165, 1.54) is 0 Å². The lowest BCUT2D eigenvalue weighted by atomic mass is 9.76. The number of benzene rings is 2. The summed E-state index contributed by atoms with van der Waals surface area (Å²) in [5, 5.41) is 0. The first-order chi connectivity index (χ1) is 14.5. The molecule has 0 spiro atoms. The first-order valence-electron chi connectivity index (χ1n) is 10.1. The van der Waals surface area contributed by atoms with Gasteiger partial charge in [0.25, 0.3) is 0 Å². The van der Waals surface area contributed by atoms with Crippen molar-refractivity contribution in [1.82, 2.24) is 4.90 Å². The minimum Gasteiger partial charge on any atom is -0.445 e. The van der Waals surface area contributed by atoms with Crippen LogP contribution in [0.5, 0.6) is 0 Å². The standard InChI is InChI=1S/C23H22F3NO3/c24-19-10-9-18(20(25)21(19)26)22(28)15-11-16-7-4-8-17(12-15)27(16)23(29)30-13-14-5-2-1-3-6-14/h1-3,5-6,9-10,15-17H,4,7-8,11-13H2. The van der Waals surface area contributed by atoms with Crippen LogP contribution in [0, 0.1) is 23.4 Å². The fraction of sp³-hybridized carbons (Fsp3) is 0.391. The predicted molar refractivity (Wildman–Crippen MR) is 103 cm³/mol. The highest BCUT2D eigenvalue weighted by molar-refractivity contribution is 5.98. The summed E-state index contributed by atoms with van der Waals surface area (Å²) in [4.78, 5) is 27.3. The molecule has 4 rings (SSSR count). The third-order valence-electron chi connectivity index (χ3n) is 6.06. The number of Topliss-reactive ketones (excluding diaryl/α,β-unsaturated/α-hetero) is 1. The summed E-state index contributed by atoms with van der Waals surface area (Å²) >= 11 is 0. The van der Waals surface area contributed by atoms with Crippen molar-refractivity contribution >= 4 is 11.9 Å². The second-order valence-electron chi connectivity index (χ2n) is 7.94. The molecule has 2 unspecified atom stereocenters. The van der Waals surface area contributed by atoms with Crippen LogP contribution in [-0.2, 0) is 11.3 Å². The Bertz CT molecular complexity index is 936. The maximum absolute atomic E-state index is 14.1. The molecule has 2 aliphatic rings. The average Bonchev–Trinajstić information content (AvgIpc) is 2.75. The molecule has 2 aliphatic heterocycles. The summed E-state index contributed by atoms with van der Waals surface area (Å²) in [7, 11) is 0. The normalized spacial score (nSPS) is 23.2. The minimum absolute atomic E-state index is 0.165. The van der Waals surface area contributed by atoms with E-state index in [1.807, 2.05) is 30.3 Å². The molecule has 4 nitrogen and oxygen atoms in total. The van der Waals surface area contributed by atoms with E-state index < -0.39 is 40.8 Å². The van der Waals surface area contributed by atoms with Crippen LogP contribution in [0.25, 0.3) is 0 Å². The van der Waals surface area contributed by atoms with Crippen molar-refractivity contribution < 1.29 is 27.5 Å². The lowest BCUT2D eigenvalue weighted by molar-refractivity contribution is 0.00462. The number of carbonyl (C=O) groups is 2. The number of hydrogen-bond donors (Lipinski definition) is 0. The molecule has 2 aromatic carbocycles. The lowest BCUT2D eigenvalue weighted by Crippen LogP contribution is -2.55. The molecule has 30 heavy (non-hydrogen) atoms. The van der Waals surface area contributed by atoms with Crippen molar-refractivity contribution in [2.24, 2.45) is 5.92 Å². The number of hydrogen-bond acceptors (Lipinski definition) is 3. The van der Waals surface area contributed by atoms with Crippen molar-refractivity contribution in [3.63, 3.8) is 0 Å². The third-order valence-corrected chi connectivity index (χ3v) is 6.06. The fourth-order valence-corrected chi connectivity index (χ4v) is 4.62. The zero-order chi connectivity index (χ0) is 21.3. The van der Waals surface area contributed by atoms with Gasteiger partial charge in [0, 0.05) is 18.0 Å². The van der Waals surface area contributed by atoms with Gasteiger partial charge in [-0.3, -0.25) is 4.79 Å². The molecule has 2 heterocycles. The van der Waals surface area contributed by atoms with Gasteiger partial charge in [0.15, 0.2) is 23.2 Å². The van der Waals surface area contributed by atoms with Gasteiger partial charge in [-0.1, -0.05) is 30.3 Å². The first kappa shape index (κ1) is 20.4. The SMILES string of the molecule is O=C(c1ccc(F)c(F)c1F)C1CC2CCCC(C1)N2C(=O)OCc1ccccc1. The molecule has 0 aliphatic carbocycles. The Kier molecular flexibility index (Phi) is 5.79. The molecule has 2 atom stereocenters. The predicted octanol–water partition coefficient (Wildman–Crippen LogP) is 5.26. The number of nitrogens with zero attached hydrogens (tertiary/aromatic N) is 1. The Balaban J connectivity index is 1.46. The second kappa shape index (κ2) is 8.50. The zero-order valence-corrected chi connectivity index (χ0v) is 16.3. The maximum atomic E-state index is 14.1. The Morgan fingerprint density at radius 1 is 0.933 bits per heavy atom. The van der Waals surface area contributed by atoms with Gasteiger partial charge >= 0.3 is 6.09 Å². The van der Waals surface area contributed by atoms with E-state index in [2.05, 4.69) is 0 Å². The Morgan fingerprint density at radius 2 is 1.60 bits per heavy atom. The second-order valence-corrected chi connectivity index (χ2v) is 7.94. The molecule has 0 saturated carbocycles. The van der Waals surface area contributed by atoms with E-state index in [0.29, 0.717) is 12.8 Å². The van der Waals surface area contributed by atoms with Gasteiger partial charge < -0.3 is 9.64 Å². The number of fused-ring (bicyclic) bond motifs is 2. The molecular formula is C23H22F3NO3. The van der Waals surface area contributed by atoms with Crippen molar-refractivity contribution in [1.29, 1.82) is 0 Å². The Morgan fingerprint density at radius 3 is 2.27 bits per heavy atom. The largest absolute Gasteiger partial charge is 0.445 e. The summed E-state index contributed by atoms with van der Waals surface area (Å²) < 4.78 is 46.4. The van der Waals surface area contributed by atoms with Crippen LogP contribution in [-0.4, -0.2) is 28.9 Å². The van der Waals surface area contributed by atoms with Crippen LogP contribution in [0.3, 0.4) is 0 Å². The van der Waals surface area contributed by atoms with E-state index in [0.717, 1.165) is 37.0 Å². The molecule has 158 valence electrons. The highest BCUT2D eigenvalue weighted by Gasteiger charge is 2.44. The van der Waals surface area contributed by atoms with E-state index in [1.54, 1.807) is 4.90 Å². The van der Waals surface area contributed by atoms with Gasteiger partial charge in [-0.15, -0.1) is 0 Å². The van der Waals surface area contributed by atoms with Gasteiger partial charge in [-0.25, -0.2) is 18.0 Å². The quantitative estimate of drug-likeness (QED) is 0.504. The first-order valence-corrected chi connectivity index (χ1v) is 10.1. The number of amides is 1. The number of ketones is 1. The third kappa shape index (κ3) is 3.93. The summed E-state index contributed by atoms with van der Waals surface area (Å²) in [5.41, 5.74) is 0.451. The van der Waals surface area contributed by atoms with Gasteiger partial charge in [-0.05, 0) is 49.8 Å². The summed E-state index contributed by atoms with van der Waals surface area (Å²) in [6.07, 6.45) is 2.67. The molecule has 0 radical (unpaired) electrons. The Labute approximate surface area is 172 Å². The Hall–Kier alpha value is -2.83. The number of halogens is 3. The van der Waals surface area contributed by atoms with Crippen LogP contribution < -0.4 is 0 Å². The van der Waals surface area contributed by atoms with Crippen molar-refractivity contribution in [2.75, 3.05) is 0 Å². The smallest absolute Gasteiger partial charge is 0.410 e. The summed E-state index contributed by atoms with van der Waals surface area (Å²) in [6.45, 7) is 0.165. The fourth-order valence-electron chi connectivity index (χ4n) is 4.62. The molecule has 7 heteroatoms. The summed E-state index contributed by atoms with van der Waals surface area (Å²) in [5.74, 6) is -5.49. The molecular weight excluding hydrogens is 395 g/mol. The molecule has 2 fully saturated rings. The highest BCUT2D eigenvalue weighted by atomic mass is 19.2. The van der Waals surface area contributed by atoms with Crippen molar-refractivity contribution in [2.45, 2.75) is 50.8 Å². The van der Waals surface area contributed by atoms with Crippen LogP contribution >= 0.6 is 0 Å². The van der Waals surface area contributed by atoms with Gasteiger partial charge in [0.05, 0.1) is 5.56 Å². The van der Waals surface area contributed by atoms with Crippen molar-refractivity contribution in [3.05, 3.63) is 71.0 Å². The minimum atomic E-state index is -1.64. The maximum Gasteiger partial charge on any atom is 0.410 e. The molecule has 2 bridgehead atoms. The van der Waals surface area contributed by atoms with Crippen LogP contribution in [0.1, 0.15) is 48.0 Å². The summed E-state index contributed by atoms with van der Waals surface area (Å²) in [6, 6.07) is 10.7. The van der Waals surface area contributed by atoms with Crippen LogP contribution in [0.15, 0.2) is 42.5 Å². The molecule has 2 aromatic rings.